The van der Waals surface area contributed by atoms with Gasteiger partial charge in [0, 0.05) is 0 Å². The lowest BCUT2D eigenvalue weighted by atomic mass is 9.82. The van der Waals surface area contributed by atoms with Crippen LogP contribution >= 0.6 is 0 Å². The number of esters is 1. The zero-order valence-corrected chi connectivity index (χ0v) is 14.8. The molecule has 0 saturated heterocycles. The summed E-state index contributed by atoms with van der Waals surface area (Å²) < 4.78 is 10.8. The van der Waals surface area contributed by atoms with Crippen LogP contribution in [0.1, 0.15) is 58.4 Å². The molecule has 0 unspecified atom stereocenters. The number of benzene rings is 1. The number of rotatable bonds is 4. The predicted molar refractivity (Wildman–Crippen MR) is 91.4 cm³/mol. The second-order valence-electron chi connectivity index (χ2n) is 7.33. The highest BCUT2D eigenvalue weighted by molar-refractivity contribution is 5.86. The molecule has 5 heteroatoms. The van der Waals surface area contributed by atoms with Gasteiger partial charge in [-0.25, -0.2) is 9.59 Å². The van der Waals surface area contributed by atoms with Crippen LogP contribution in [0, 0.1) is 0 Å². The minimum absolute atomic E-state index is 0.206. The lowest BCUT2D eigenvalue weighted by molar-refractivity contribution is -0.154. The van der Waals surface area contributed by atoms with Crippen molar-refractivity contribution in [2.75, 3.05) is 0 Å². The second kappa shape index (κ2) is 7.69. The largest absolute Gasteiger partial charge is 0.459 e. The van der Waals surface area contributed by atoms with Crippen LogP contribution in [0.2, 0.25) is 0 Å². The summed E-state index contributed by atoms with van der Waals surface area (Å²) >= 11 is 0. The minimum atomic E-state index is -0.977. The highest BCUT2D eigenvalue weighted by atomic mass is 16.6. The van der Waals surface area contributed by atoms with E-state index in [-0.39, 0.29) is 12.6 Å². The molecular weight excluding hydrogens is 306 g/mol. The van der Waals surface area contributed by atoms with Gasteiger partial charge < -0.3 is 14.8 Å². The minimum Gasteiger partial charge on any atom is -0.459 e. The summed E-state index contributed by atoms with van der Waals surface area (Å²) in [6.07, 6.45) is 3.43. The summed E-state index contributed by atoms with van der Waals surface area (Å²) in [7, 11) is 0. The first kappa shape index (κ1) is 18.3. The Kier molecular flexibility index (Phi) is 5.86. The predicted octanol–water partition coefficient (Wildman–Crippen LogP) is 3.96. The first-order valence-electron chi connectivity index (χ1n) is 8.53. The molecule has 24 heavy (non-hydrogen) atoms. The molecule has 1 aliphatic carbocycles. The Labute approximate surface area is 143 Å². The van der Waals surface area contributed by atoms with E-state index in [1.165, 1.54) is 0 Å². The van der Waals surface area contributed by atoms with Gasteiger partial charge in [0.1, 0.15) is 17.7 Å². The van der Waals surface area contributed by atoms with Crippen LogP contribution < -0.4 is 5.32 Å². The molecular formula is C19H27NO4. The van der Waals surface area contributed by atoms with Gasteiger partial charge in [0.05, 0.1) is 0 Å². The quantitative estimate of drug-likeness (QED) is 0.847. The maximum atomic E-state index is 12.7. The molecule has 0 spiro atoms. The molecule has 0 radical (unpaired) electrons. The molecule has 1 N–H and O–H groups in total. The van der Waals surface area contributed by atoms with E-state index in [1.54, 1.807) is 20.8 Å². The summed E-state index contributed by atoms with van der Waals surface area (Å²) in [5.41, 5.74) is -0.655. The van der Waals surface area contributed by atoms with E-state index >= 15 is 0 Å². The number of carbonyl (C=O) groups is 2. The van der Waals surface area contributed by atoms with Gasteiger partial charge in [-0.05, 0) is 39.2 Å². The molecule has 0 aromatic heterocycles. The van der Waals surface area contributed by atoms with Crippen molar-refractivity contribution in [2.45, 2.75) is 70.6 Å². The zero-order valence-electron chi connectivity index (χ0n) is 14.8. The lowest BCUT2D eigenvalue weighted by Gasteiger charge is -2.36. The number of hydrogen-bond acceptors (Lipinski definition) is 4. The topological polar surface area (TPSA) is 64.6 Å². The van der Waals surface area contributed by atoms with Crippen LogP contribution in [0.25, 0.3) is 0 Å². The number of ether oxygens (including phenoxy) is 2. The van der Waals surface area contributed by atoms with E-state index in [0.717, 1.165) is 24.8 Å². The van der Waals surface area contributed by atoms with E-state index in [1.807, 2.05) is 30.3 Å². The Morgan fingerprint density at radius 2 is 1.71 bits per heavy atom. The van der Waals surface area contributed by atoms with Crippen molar-refractivity contribution in [1.82, 2.24) is 5.32 Å². The average Bonchev–Trinajstić information content (AvgIpc) is 2.52. The maximum absolute atomic E-state index is 12.7. The first-order valence-corrected chi connectivity index (χ1v) is 8.53. The Bertz CT molecular complexity index is 556. The number of carbonyl (C=O) groups excluding carboxylic acids is 2. The van der Waals surface area contributed by atoms with Crippen molar-refractivity contribution in [1.29, 1.82) is 0 Å². The molecule has 132 valence electrons. The van der Waals surface area contributed by atoms with Gasteiger partial charge in [-0.3, -0.25) is 0 Å². The lowest BCUT2D eigenvalue weighted by Crippen LogP contribution is -2.57. The molecule has 0 heterocycles. The van der Waals surface area contributed by atoms with Gasteiger partial charge in [-0.2, -0.15) is 0 Å². The van der Waals surface area contributed by atoms with Crippen molar-refractivity contribution >= 4 is 12.1 Å². The Hall–Kier alpha value is -2.04. The van der Waals surface area contributed by atoms with Crippen molar-refractivity contribution in [3.63, 3.8) is 0 Å². The summed E-state index contributed by atoms with van der Waals surface area (Å²) in [6, 6.07) is 9.53. The Morgan fingerprint density at radius 1 is 1.08 bits per heavy atom. The van der Waals surface area contributed by atoms with E-state index < -0.39 is 17.2 Å². The third-order valence-corrected chi connectivity index (χ3v) is 4.05. The summed E-state index contributed by atoms with van der Waals surface area (Å²) in [5.74, 6) is -0.378. The van der Waals surface area contributed by atoms with Crippen LogP contribution in [0.4, 0.5) is 4.79 Å². The van der Waals surface area contributed by atoms with Crippen LogP contribution in [-0.4, -0.2) is 23.2 Å². The smallest absolute Gasteiger partial charge is 0.408 e. The van der Waals surface area contributed by atoms with E-state index in [4.69, 9.17) is 9.47 Å². The van der Waals surface area contributed by atoms with Gasteiger partial charge >= 0.3 is 12.1 Å². The third kappa shape index (κ3) is 5.25. The molecule has 1 saturated carbocycles. The molecule has 0 atom stereocenters. The second-order valence-corrected chi connectivity index (χ2v) is 7.33. The van der Waals surface area contributed by atoms with Gasteiger partial charge in [-0.1, -0.05) is 49.6 Å². The normalized spacial score (nSPS) is 17.0. The van der Waals surface area contributed by atoms with E-state index in [2.05, 4.69) is 5.32 Å². The monoisotopic (exact) mass is 333 g/mol. The van der Waals surface area contributed by atoms with Crippen LogP contribution in [-0.2, 0) is 20.9 Å². The van der Waals surface area contributed by atoms with Crippen LogP contribution in [0.15, 0.2) is 30.3 Å². The highest BCUT2D eigenvalue weighted by Crippen LogP contribution is 2.30. The van der Waals surface area contributed by atoms with E-state index in [0.29, 0.717) is 12.8 Å². The zero-order chi connectivity index (χ0) is 17.6. The number of alkyl carbamates (subject to hydrolysis) is 1. The summed E-state index contributed by atoms with van der Waals surface area (Å²) in [6.45, 7) is 5.60. The molecule has 1 aromatic carbocycles. The standard InChI is InChI=1S/C19H27NO4/c1-18(2,3)24-17(22)20-19(12-8-5-9-13-19)16(21)23-14-15-10-6-4-7-11-15/h4,6-7,10-11H,5,8-9,12-14H2,1-3H3,(H,20,22). The maximum Gasteiger partial charge on any atom is 0.408 e. The Morgan fingerprint density at radius 3 is 2.29 bits per heavy atom. The molecule has 0 bridgehead atoms. The Balaban J connectivity index is 2.03. The first-order chi connectivity index (χ1) is 11.3. The molecule has 1 amide bonds. The molecule has 2 rings (SSSR count). The fourth-order valence-corrected chi connectivity index (χ4v) is 2.90. The number of nitrogens with one attached hydrogen (secondary N) is 1. The molecule has 1 aromatic rings. The average molecular weight is 333 g/mol. The van der Waals surface area contributed by atoms with Gasteiger partial charge in [0.15, 0.2) is 0 Å². The fraction of sp³-hybridized carbons (Fsp3) is 0.579. The molecule has 5 nitrogen and oxygen atoms in total. The number of hydrogen-bond donors (Lipinski definition) is 1. The summed E-state index contributed by atoms with van der Waals surface area (Å²) in [4.78, 5) is 24.9. The third-order valence-electron chi connectivity index (χ3n) is 4.05. The van der Waals surface area contributed by atoms with Gasteiger partial charge in [-0.15, -0.1) is 0 Å². The molecule has 1 aliphatic rings. The molecule has 1 fully saturated rings. The molecule has 0 aliphatic heterocycles. The van der Waals surface area contributed by atoms with E-state index in [9.17, 15) is 9.59 Å². The van der Waals surface area contributed by atoms with Crippen molar-refractivity contribution in [3.05, 3.63) is 35.9 Å². The SMILES string of the molecule is CC(C)(C)OC(=O)NC1(C(=O)OCc2ccccc2)CCCCC1. The van der Waals surface area contributed by atoms with Crippen molar-refractivity contribution in [3.8, 4) is 0 Å². The van der Waals surface area contributed by atoms with Crippen molar-refractivity contribution < 1.29 is 19.1 Å². The number of amides is 1. The van der Waals surface area contributed by atoms with Gasteiger partial charge in [0.25, 0.3) is 0 Å². The van der Waals surface area contributed by atoms with Crippen LogP contribution in [0.5, 0.6) is 0 Å². The summed E-state index contributed by atoms with van der Waals surface area (Å²) in [5, 5.41) is 2.79. The van der Waals surface area contributed by atoms with Crippen LogP contribution in [0.3, 0.4) is 0 Å². The fourth-order valence-electron chi connectivity index (χ4n) is 2.90. The van der Waals surface area contributed by atoms with Crippen molar-refractivity contribution in [2.24, 2.45) is 0 Å². The highest BCUT2D eigenvalue weighted by Gasteiger charge is 2.43. The van der Waals surface area contributed by atoms with Gasteiger partial charge in [0.2, 0.25) is 0 Å².